The van der Waals surface area contributed by atoms with Gasteiger partial charge in [-0.1, -0.05) is 0 Å². The molecule has 0 spiro atoms. The third-order valence-electron chi connectivity index (χ3n) is 6.62. The number of aryl methyl sites for hydroxylation is 2. The fourth-order valence-electron chi connectivity index (χ4n) is 4.50. The summed E-state index contributed by atoms with van der Waals surface area (Å²) in [6.45, 7) is 8.05. The Morgan fingerprint density at radius 1 is 1.15 bits per heavy atom. The van der Waals surface area contributed by atoms with Crippen LogP contribution in [-0.4, -0.2) is 95.5 Å². The number of aromatic nitrogens is 2. The van der Waals surface area contributed by atoms with E-state index in [1.54, 1.807) is 12.1 Å². The Morgan fingerprint density at radius 2 is 1.88 bits per heavy atom. The van der Waals surface area contributed by atoms with Crippen molar-refractivity contribution in [3.63, 3.8) is 0 Å². The van der Waals surface area contributed by atoms with E-state index in [4.69, 9.17) is 9.47 Å². The molecule has 1 aromatic heterocycles. The van der Waals surface area contributed by atoms with E-state index >= 15 is 0 Å². The zero-order chi connectivity index (χ0) is 23.4. The minimum absolute atomic E-state index is 0.0874. The fraction of sp³-hybridized carbons (Fsp3) is 0.583. The summed E-state index contributed by atoms with van der Waals surface area (Å²) in [4.78, 5) is 19.7. The molecule has 2 fully saturated rings. The quantitative estimate of drug-likeness (QED) is 0.628. The topological polar surface area (TPSA) is 63.1 Å². The van der Waals surface area contributed by atoms with Gasteiger partial charge in [-0.15, -0.1) is 0 Å². The van der Waals surface area contributed by atoms with E-state index in [1.165, 1.54) is 12.1 Å². The Hall–Kier alpha value is -2.49. The lowest BCUT2D eigenvalue weighted by molar-refractivity contribution is -0.158. The number of halogens is 1. The number of carbonyl (C=O) groups excluding carboxylic acids is 1. The first-order chi connectivity index (χ1) is 15.8. The van der Waals surface area contributed by atoms with Crippen molar-refractivity contribution in [3.8, 4) is 5.75 Å². The number of hydrogen-bond donors (Lipinski definition) is 0. The fourth-order valence-corrected chi connectivity index (χ4v) is 4.50. The lowest BCUT2D eigenvalue weighted by Crippen LogP contribution is -2.58. The van der Waals surface area contributed by atoms with Gasteiger partial charge in [0.2, 0.25) is 5.91 Å². The van der Waals surface area contributed by atoms with Crippen LogP contribution in [0, 0.1) is 12.7 Å². The summed E-state index contributed by atoms with van der Waals surface area (Å²) in [7, 11) is 4.02. The Bertz CT molecular complexity index is 923. The van der Waals surface area contributed by atoms with Crippen LogP contribution in [0.25, 0.3) is 0 Å². The predicted molar refractivity (Wildman–Crippen MR) is 122 cm³/mol. The van der Waals surface area contributed by atoms with E-state index in [1.807, 2.05) is 22.8 Å². The van der Waals surface area contributed by atoms with Crippen molar-refractivity contribution in [3.05, 3.63) is 47.5 Å². The number of amides is 1. The van der Waals surface area contributed by atoms with Gasteiger partial charge in [0.25, 0.3) is 0 Å². The number of morpholine rings is 1. The molecule has 0 radical (unpaired) electrons. The zero-order valence-electron chi connectivity index (χ0n) is 19.8. The van der Waals surface area contributed by atoms with Gasteiger partial charge in [-0.05, 0) is 43.8 Å². The molecule has 1 amide bonds. The SMILES string of the molecule is Cc1cnn(C)c1CN1CCO[C@@](COc2ccc(F)cc2)(CC(=O)N2CCN(C)CC2)C1. The van der Waals surface area contributed by atoms with E-state index in [9.17, 15) is 9.18 Å². The molecule has 33 heavy (non-hydrogen) atoms. The third-order valence-corrected chi connectivity index (χ3v) is 6.62. The van der Waals surface area contributed by atoms with Gasteiger partial charge in [0.15, 0.2) is 0 Å². The molecule has 0 unspecified atom stereocenters. The Labute approximate surface area is 194 Å². The monoisotopic (exact) mass is 459 g/mol. The molecule has 4 rings (SSSR count). The molecule has 2 aromatic rings. The highest BCUT2D eigenvalue weighted by atomic mass is 19.1. The van der Waals surface area contributed by atoms with Crippen LogP contribution in [-0.2, 0) is 23.1 Å². The Morgan fingerprint density at radius 3 is 2.55 bits per heavy atom. The molecule has 2 saturated heterocycles. The van der Waals surface area contributed by atoms with Gasteiger partial charge < -0.3 is 19.3 Å². The van der Waals surface area contributed by atoms with Gasteiger partial charge in [0.05, 0.1) is 24.9 Å². The molecule has 8 nitrogen and oxygen atoms in total. The van der Waals surface area contributed by atoms with Crippen LogP contribution >= 0.6 is 0 Å². The minimum Gasteiger partial charge on any atom is -0.491 e. The summed E-state index contributed by atoms with van der Waals surface area (Å²) in [5, 5.41) is 4.36. The molecule has 0 saturated carbocycles. The second kappa shape index (κ2) is 10.2. The van der Waals surface area contributed by atoms with Crippen molar-refractivity contribution in [2.45, 2.75) is 25.5 Å². The van der Waals surface area contributed by atoms with E-state index in [-0.39, 0.29) is 24.8 Å². The van der Waals surface area contributed by atoms with Crippen LogP contribution in [0.15, 0.2) is 30.5 Å². The van der Waals surface area contributed by atoms with Crippen LogP contribution in [0.2, 0.25) is 0 Å². The molecule has 1 atom stereocenters. The highest BCUT2D eigenvalue weighted by molar-refractivity contribution is 5.77. The summed E-state index contributed by atoms with van der Waals surface area (Å²) in [6.07, 6.45) is 2.12. The van der Waals surface area contributed by atoms with Gasteiger partial charge in [-0.3, -0.25) is 14.4 Å². The van der Waals surface area contributed by atoms with E-state index in [2.05, 4.69) is 28.9 Å². The lowest BCUT2D eigenvalue weighted by atomic mass is 9.96. The zero-order valence-corrected chi connectivity index (χ0v) is 19.8. The van der Waals surface area contributed by atoms with Crippen molar-refractivity contribution in [1.29, 1.82) is 0 Å². The lowest BCUT2D eigenvalue weighted by Gasteiger charge is -2.43. The molecule has 3 heterocycles. The van der Waals surface area contributed by atoms with E-state index in [0.29, 0.717) is 18.9 Å². The molecule has 2 aliphatic heterocycles. The van der Waals surface area contributed by atoms with Gasteiger partial charge in [0, 0.05) is 52.9 Å². The summed E-state index contributed by atoms with van der Waals surface area (Å²) in [5.41, 5.74) is 1.51. The highest BCUT2D eigenvalue weighted by Gasteiger charge is 2.41. The molecule has 1 aromatic carbocycles. The summed E-state index contributed by atoms with van der Waals surface area (Å²) in [6, 6.07) is 5.95. The number of likely N-dealkylation sites (N-methyl/N-ethyl adjacent to an activating group) is 1. The van der Waals surface area contributed by atoms with E-state index in [0.717, 1.165) is 50.5 Å². The molecule has 0 N–H and O–H groups in total. The standard InChI is InChI=1S/C24H34FN5O3/c1-19-15-26-28(3)22(19)16-29-12-13-33-24(17-29,18-32-21-6-4-20(25)5-7-21)14-23(31)30-10-8-27(2)9-11-30/h4-7,15H,8-14,16-18H2,1-3H3/t24-/m0/s1. The van der Waals surface area contributed by atoms with Crippen molar-refractivity contribution in [1.82, 2.24) is 24.5 Å². The molecule has 2 aliphatic rings. The number of hydrogen-bond acceptors (Lipinski definition) is 6. The molecule has 0 aliphatic carbocycles. The van der Waals surface area contributed by atoms with Gasteiger partial charge in [-0.25, -0.2) is 4.39 Å². The Kier molecular flexibility index (Phi) is 7.31. The number of nitrogens with zero attached hydrogens (tertiary/aromatic N) is 5. The highest BCUT2D eigenvalue weighted by Crippen LogP contribution is 2.27. The van der Waals surface area contributed by atoms with Crippen LogP contribution in [0.4, 0.5) is 4.39 Å². The van der Waals surface area contributed by atoms with Crippen molar-refractivity contribution >= 4 is 5.91 Å². The van der Waals surface area contributed by atoms with Crippen molar-refractivity contribution in [2.75, 3.05) is 59.5 Å². The largest absolute Gasteiger partial charge is 0.491 e. The van der Waals surface area contributed by atoms with Crippen LogP contribution in [0.1, 0.15) is 17.7 Å². The summed E-state index contributed by atoms with van der Waals surface area (Å²) >= 11 is 0. The number of ether oxygens (including phenoxy) is 2. The van der Waals surface area contributed by atoms with Gasteiger partial charge in [-0.2, -0.15) is 5.10 Å². The maximum Gasteiger partial charge on any atom is 0.225 e. The first kappa shape index (κ1) is 23.7. The number of rotatable bonds is 7. The molecular weight excluding hydrogens is 425 g/mol. The van der Waals surface area contributed by atoms with E-state index < -0.39 is 5.60 Å². The van der Waals surface area contributed by atoms with Crippen LogP contribution in [0.3, 0.4) is 0 Å². The normalized spacial score (nSPS) is 22.5. The maximum absolute atomic E-state index is 13.3. The maximum atomic E-state index is 13.3. The third kappa shape index (κ3) is 5.90. The first-order valence-corrected chi connectivity index (χ1v) is 11.5. The summed E-state index contributed by atoms with van der Waals surface area (Å²) < 4.78 is 27.5. The predicted octanol–water partition coefficient (Wildman–Crippen LogP) is 1.68. The second-order valence-corrected chi connectivity index (χ2v) is 9.24. The van der Waals surface area contributed by atoms with Crippen LogP contribution in [0.5, 0.6) is 5.75 Å². The minimum atomic E-state index is -0.778. The van der Waals surface area contributed by atoms with Gasteiger partial charge >= 0.3 is 0 Å². The van der Waals surface area contributed by atoms with Crippen molar-refractivity contribution in [2.24, 2.45) is 7.05 Å². The smallest absolute Gasteiger partial charge is 0.225 e. The average molecular weight is 460 g/mol. The molecule has 9 heteroatoms. The molecule has 180 valence electrons. The van der Waals surface area contributed by atoms with Crippen LogP contribution < -0.4 is 4.74 Å². The summed E-state index contributed by atoms with van der Waals surface area (Å²) in [5.74, 6) is 0.337. The number of benzene rings is 1. The molecular formula is C24H34FN5O3. The average Bonchev–Trinajstić information content (AvgIpc) is 3.11. The second-order valence-electron chi connectivity index (χ2n) is 9.24. The Balaban J connectivity index is 1.49. The molecule has 0 bridgehead atoms. The van der Waals surface area contributed by atoms with Crippen molar-refractivity contribution < 1.29 is 18.7 Å². The number of piperazine rings is 1. The van der Waals surface area contributed by atoms with Gasteiger partial charge in [0.1, 0.15) is 23.8 Å². The number of carbonyl (C=O) groups is 1. The first-order valence-electron chi connectivity index (χ1n) is 11.5.